The summed E-state index contributed by atoms with van der Waals surface area (Å²) in [4.78, 5) is 16.8. The third-order valence-electron chi connectivity index (χ3n) is 4.69. The number of likely N-dealkylation sites (tertiary alicyclic amines) is 1. The quantitative estimate of drug-likeness (QED) is 0.824. The lowest BCUT2D eigenvalue weighted by Crippen LogP contribution is -2.52. The molecule has 0 unspecified atom stereocenters. The summed E-state index contributed by atoms with van der Waals surface area (Å²) in [6.07, 6.45) is 2.81. The van der Waals surface area contributed by atoms with Gasteiger partial charge < -0.3 is 9.64 Å². The van der Waals surface area contributed by atoms with Gasteiger partial charge in [0.15, 0.2) is 0 Å². The molecule has 4 heteroatoms. The van der Waals surface area contributed by atoms with Crippen LogP contribution in [0.1, 0.15) is 52.5 Å². The lowest BCUT2D eigenvalue weighted by Gasteiger charge is -2.42. The summed E-state index contributed by atoms with van der Waals surface area (Å²) in [6, 6.07) is 11.3. The molecule has 0 aromatic heterocycles. The Balaban J connectivity index is 1.95. The van der Waals surface area contributed by atoms with E-state index in [0.29, 0.717) is 6.04 Å². The van der Waals surface area contributed by atoms with Crippen LogP contribution in [0.4, 0.5) is 4.79 Å². The second kappa shape index (κ2) is 8.02. The van der Waals surface area contributed by atoms with Gasteiger partial charge in [-0.25, -0.2) is 4.79 Å². The van der Waals surface area contributed by atoms with Crippen LogP contribution in [0.15, 0.2) is 30.3 Å². The molecule has 4 nitrogen and oxygen atoms in total. The Kier molecular flexibility index (Phi) is 6.27. The second-order valence-electron chi connectivity index (χ2n) is 7.81. The van der Waals surface area contributed by atoms with Crippen molar-refractivity contribution in [1.82, 2.24) is 9.80 Å². The van der Waals surface area contributed by atoms with Gasteiger partial charge in [0.2, 0.25) is 0 Å². The van der Waals surface area contributed by atoms with Crippen LogP contribution in [0.25, 0.3) is 0 Å². The Morgan fingerprint density at radius 1 is 1.29 bits per heavy atom. The molecule has 1 heterocycles. The first-order valence-corrected chi connectivity index (χ1v) is 9.04. The highest BCUT2D eigenvalue weighted by molar-refractivity contribution is 5.68. The minimum Gasteiger partial charge on any atom is -0.444 e. The van der Waals surface area contributed by atoms with Crippen LogP contribution in [0, 0.1) is 0 Å². The van der Waals surface area contributed by atoms with Gasteiger partial charge in [0.25, 0.3) is 0 Å². The van der Waals surface area contributed by atoms with Crippen LogP contribution in [-0.4, -0.2) is 47.2 Å². The summed E-state index contributed by atoms with van der Waals surface area (Å²) >= 11 is 0. The molecule has 1 aromatic rings. The fourth-order valence-electron chi connectivity index (χ4n) is 3.38. The number of carbonyl (C=O) groups excluding carboxylic acids is 1. The van der Waals surface area contributed by atoms with Crippen LogP contribution >= 0.6 is 0 Å². The molecule has 1 fully saturated rings. The van der Waals surface area contributed by atoms with E-state index in [1.165, 1.54) is 5.56 Å². The van der Waals surface area contributed by atoms with Crippen LogP contribution < -0.4 is 0 Å². The maximum absolute atomic E-state index is 12.4. The smallest absolute Gasteiger partial charge is 0.410 e. The molecule has 1 saturated heterocycles. The third kappa shape index (κ3) is 5.23. The van der Waals surface area contributed by atoms with E-state index in [1.54, 1.807) is 0 Å². The van der Waals surface area contributed by atoms with Gasteiger partial charge in [0, 0.05) is 25.2 Å². The van der Waals surface area contributed by atoms with Gasteiger partial charge in [-0.2, -0.15) is 0 Å². The second-order valence-corrected chi connectivity index (χ2v) is 7.81. The molecule has 2 rings (SSSR count). The van der Waals surface area contributed by atoms with Crippen LogP contribution in [-0.2, 0) is 11.3 Å². The molecule has 0 bridgehead atoms. The minimum atomic E-state index is -0.434. The van der Waals surface area contributed by atoms with Crippen molar-refractivity contribution < 1.29 is 9.53 Å². The number of nitrogens with zero attached hydrogens (tertiary/aromatic N) is 2. The number of ether oxygens (including phenoxy) is 1. The van der Waals surface area contributed by atoms with Crippen molar-refractivity contribution in [3.05, 3.63) is 35.9 Å². The Hall–Kier alpha value is -1.55. The predicted octanol–water partition coefficient (Wildman–Crippen LogP) is 4.30. The molecule has 0 radical (unpaired) electrons. The molecule has 0 aliphatic carbocycles. The van der Waals surface area contributed by atoms with Gasteiger partial charge in [-0.15, -0.1) is 0 Å². The molecule has 0 saturated carbocycles. The standard InChI is InChI=1S/C20H32N2O2/c1-6-17-14-18(21(5)15-16-10-8-7-9-11-16)12-13-22(17)19(23)24-20(2,3)4/h7-11,17-18H,6,12-15H2,1-5H3/t17-,18-/m0/s1. The normalized spacial score (nSPS) is 21.8. The summed E-state index contributed by atoms with van der Waals surface area (Å²) < 4.78 is 5.57. The van der Waals surface area contributed by atoms with Crippen molar-refractivity contribution >= 4 is 6.09 Å². The van der Waals surface area contributed by atoms with Crippen LogP contribution in [0.3, 0.4) is 0 Å². The van der Waals surface area contributed by atoms with Gasteiger partial charge in [-0.3, -0.25) is 4.90 Å². The zero-order valence-corrected chi connectivity index (χ0v) is 15.8. The summed E-state index contributed by atoms with van der Waals surface area (Å²) in [7, 11) is 2.19. The topological polar surface area (TPSA) is 32.8 Å². The zero-order valence-electron chi connectivity index (χ0n) is 15.8. The van der Waals surface area contributed by atoms with Crippen molar-refractivity contribution in [2.75, 3.05) is 13.6 Å². The highest BCUT2D eigenvalue weighted by Crippen LogP contribution is 2.26. The van der Waals surface area contributed by atoms with Crippen LogP contribution in [0.2, 0.25) is 0 Å². The first-order valence-electron chi connectivity index (χ1n) is 9.04. The van der Waals surface area contributed by atoms with Crippen molar-refractivity contribution in [2.45, 2.75) is 71.2 Å². The van der Waals surface area contributed by atoms with Gasteiger partial charge >= 0.3 is 6.09 Å². The summed E-state index contributed by atoms with van der Waals surface area (Å²) in [5.41, 5.74) is 0.902. The predicted molar refractivity (Wildman–Crippen MR) is 98.0 cm³/mol. The molecule has 1 aliphatic heterocycles. The Labute approximate surface area is 146 Å². The van der Waals surface area contributed by atoms with E-state index >= 15 is 0 Å². The number of hydrogen-bond acceptors (Lipinski definition) is 3. The van der Waals surface area contributed by atoms with E-state index in [1.807, 2.05) is 25.7 Å². The third-order valence-corrected chi connectivity index (χ3v) is 4.69. The van der Waals surface area contributed by atoms with Crippen molar-refractivity contribution in [3.63, 3.8) is 0 Å². The lowest BCUT2D eigenvalue weighted by atomic mass is 9.94. The van der Waals surface area contributed by atoms with E-state index in [2.05, 4.69) is 49.2 Å². The highest BCUT2D eigenvalue weighted by Gasteiger charge is 2.34. The fraction of sp³-hybridized carbons (Fsp3) is 0.650. The number of benzene rings is 1. The molecule has 24 heavy (non-hydrogen) atoms. The van der Waals surface area contributed by atoms with Gasteiger partial charge in [-0.05, 0) is 52.6 Å². The molecule has 134 valence electrons. The maximum Gasteiger partial charge on any atom is 0.410 e. The lowest BCUT2D eigenvalue weighted by molar-refractivity contribution is -0.000574. The molecule has 0 N–H and O–H groups in total. The molecular weight excluding hydrogens is 300 g/mol. The van der Waals surface area contributed by atoms with E-state index in [0.717, 1.165) is 32.4 Å². The zero-order chi connectivity index (χ0) is 17.7. The number of carbonyl (C=O) groups is 1. The first-order chi connectivity index (χ1) is 11.3. The Bertz CT molecular complexity index is 524. The largest absolute Gasteiger partial charge is 0.444 e. The van der Waals surface area contributed by atoms with Crippen LogP contribution in [0.5, 0.6) is 0 Å². The van der Waals surface area contributed by atoms with Gasteiger partial charge in [-0.1, -0.05) is 37.3 Å². The molecule has 1 aliphatic rings. The summed E-state index contributed by atoms with van der Waals surface area (Å²) in [6.45, 7) is 9.65. The van der Waals surface area contributed by atoms with Gasteiger partial charge in [0.1, 0.15) is 5.60 Å². The first kappa shape index (κ1) is 18.8. The number of hydrogen-bond donors (Lipinski definition) is 0. The molecule has 0 spiro atoms. The van der Waals surface area contributed by atoms with Gasteiger partial charge in [0.05, 0.1) is 0 Å². The number of piperidine rings is 1. The van der Waals surface area contributed by atoms with Crippen molar-refractivity contribution in [2.24, 2.45) is 0 Å². The average Bonchev–Trinajstić information content (AvgIpc) is 2.53. The molecule has 1 amide bonds. The van der Waals surface area contributed by atoms with Crippen molar-refractivity contribution in [1.29, 1.82) is 0 Å². The molecule has 1 aromatic carbocycles. The number of rotatable bonds is 4. The maximum atomic E-state index is 12.4. The summed E-state index contributed by atoms with van der Waals surface area (Å²) in [5.74, 6) is 0. The fourth-order valence-corrected chi connectivity index (χ4v) is 3.38. The van der Waals surface area contributed by atoms with Crippen molar-refractivity contribution in [3.8, 4) is 0 Å². The number of amides is 1. The SMILES string of the molecule is CC[C@H]1C[C@@H](N(C)Cc2ccccc2)CCN1C(=O)OC(C)(C)C. The minimum absolute atomic E-state index is 0.168. The Morgan fingerprint density at radius 3 is 2.54 bits per heavy atom. The molecule has 2 atom stereocenters. The van der Waals surface area contributed by atoms with E-state index < -0.39 is 5.60 Å². The average molecular weight is 332 g/mol. The van der Waals surface area contributed by atoms with E-state index in [4.69, 9.17) is 4.74 Å². The monoisotopic (exact) mass is 332 g/mol. The Morgan fingerprint density at radius 2 is 1.96 bits per heavy atom. The summed E-state index contributed by atoms with van der Waals surface area (Å²) in [5, 5.41) is 0. The van der Waals surface area contributed by atoms with E-state index in [-0.39, 0.29) is 12.1 Å². The highest BCUT2D eigenvalue weighted by atomic mass is 16.6. The molecular formula is C20H32N2O2. The van der Waals surface area contributed by atoms with E-state index in [9.17, 15) is 4.79 Å².